The van der Waals surface area contributed by atoms with Gasteiger partial charge in [-0.2, -0.15) is 0 Å². The third-order valence-corrected chi connectivity index (χ3v) is 6.41. The van der Waals surface area contributed by atoms with Crippen molar-refractivity contribution in [2.24, 2.45) is 5.92 Å². The van der Waals surface area contributed by atoms with Crippen molar-refractivity contribution in [1.82, 2.24) is 9.97 Å². The Balaban J connectivity index is 1.61. The van der Waals surface area contributed by atoms with Crippen molar-refractivity contribution in [3.8, 4) is 10.6 Å². The fourth-order valence-corrected chi connectivity index (χ4v) is 5.05. The van der Waals surface area contributed by atoms with E-state index in [0.29, 0.717) is 18.0 Å². The van der Waals surface area contributed by atoms with E-state index in [4.69, 9.17) is 5.73 Å². The van der Waals surface area contributed by atoms with E-state index in [0.717, 1.165) is 41.9 Å². The lowest BCUT2D eigenvalue weighted by Gasteiger charge is -2.31. The number of nitrogens with zero attached hydrogens (tertiary/aromatic N) is 2. The Labute approximate surface area is 182 Å². The summed E-state index contributed by atoms with van der Waals surface area (Å²) in [4.78, 5) is 21.1. The summed E-state index contributed by atoms with van der Waals surface area (Å²) in [6.45, 7) is 2.09. The second-order valence-corrected chi connectivity index (χ2v) is 8.94. The SMILES string of the molecule is C[C@@H]1C[C@@H](O)C[C@H](c2ccncc2NC(=O)c2nc(-c3c(F)cccc3F)sc2N)C1. The number of benzene rings is 1. The Morgan fingerprint density at radius 2 is 1.97 bits per heavy atom. The monoisotopic (exact) mass is 444 g/mol. The molecule has 9 heteroatoms. The number of hydrogen-bond acceptors (Lipinski definition) is 6. The number of amides is 1. The van der Waals surface area contributed by atoms with Crippen molar-refractivity contribution >= 4 is 27.9 Å². The summed E-state index contributed by atoms with van der Waals surface area (Å²) in [5.74, 6) is -1.71. The second-order valence-electron chi connectivity index (χ2n) is 7.91. The molecule has 0 radical (unpaired) electrons. The van der Waals surface area contributed by atoms with Gasteiger partial charge in [0.15, 0.2) is 5.69 Å². The van der Waals surface area contributed by atoms with Crippen LogP contribution in [-0.2, 0) is 0 Å². The molecule has 31 heavy (non-hydrogen) atoms. The average molecular weight is 445 g/mol. The van der Waals surface area contributed by atoms with Crippen LogP contribution in [0.25, 0.3) is 10.6 Å². The Kier molecular flexibility index (Phi) is 5.97. The third-order valence-electron chi connectivity index (χ3n) is 5.51. The highest BCUT2D eigenvalue weighted by Crippen LogP contribution is 2.39. The molecular formula is C22H22F2N4O2S. The minimum Gasteiger partial charge on any atom is -0.393 e. The molecule has 3 aromatic rings. The van der Waals surface area contributed by atoms with Crippen molar-refractivity contribution in [3.63, 3.8) is 0 Å². The number of rotatable bonds is 4. The summed E-state index contributed by atoms with van der Waals surface area (Å²) in [6, 6.07) is 5.33. The van der Waals surface area contributed by atoms with E-state index in [9.17, 15) is 18.7 Å². The van der Waals surface area contributed by atoms with Crippen molar-refractivity contribution in [1.29, 1.82) is 0 Å². The number of halogens is 2. The first-order valence-electron chi connectivity index (χ1n) is 9.97. The molecule has 0 unspecified atom stereocenters. The molecular weight excluding hydrogens is 422 g/mol. The van der Waals surface area contributed by atoms with Crippen LogP contribution in [0, 0.1) is 17.6 Å². The van der Waals surface area contributed by atoms with Crippen LogP contribution >= 0.6 is 11.3 Å². The number of carbonyl (C=O) groups is 1. The van der Waals surface area contributed by atoms with Crippen LogP contribution in [0.3, 0.4) is 0 Å². The van der Waals surface area contributed by atoms with Gasteiger partial charge in [-0.05, 0) is 54.9 Å². The number of nitrogens with two attached hydrogens (primary N) is 1. The zero-order valence-corrected chi connectivity index (χ0v) is 17.6. The lowest BCUT2D eigenvalue weighted by atomic mass is 9.77. The molecule has 0 bridgehead atoms. The first kappa shape index (κ1) is 21.3. The first-order valence-corrected chi connectivity index (χ1v) is 10.8. The molecule has 2 aromatic heterocycles. The molecule has 6 nitrogen and oxygen atoms in total. The fourth-order valence-electron chi connectivity index (χ4n) is 4.17. The van der Waals surface area contributed by atoms with Gasteiger partial charge in [-0.25, -0.2) is 13.8 Å². The van der Waals surface area contributed by atoms with Gasteiger partial charge in [0.05, 0.1) is 23.6 Å². The van der Waals surface area contributed by atoms with Crippen molar-refractivity contribution in [2.45, 2.75) is 38.2 Å². The molecule has 1 amide bonds. The minimum atomic E-state index is -0.778. The van der Waals surface area contributed by atoms with Gasteiger partial charge < -0.3 is 16.2 Å². The summed E-state index contributed by atoms with van der Waals surface area (Å²) < 4.78 is 28.2. The molecule has 162 valence electrons. The number of pyridine rings is 1. The summed E-state index contributed by atoms with van der Waals surface area (Å²) in [7, 11) is 0. The standard InChI is InChI=1S/C22H22F2N4O2S/c1-11-7-12(9-13(29)8-11)14-5-6-26-10-17(14)27-21(30)19-20(25)31-22(28-19)18-15(23)3-2-4-16(18)24/h2-6,10-13,29H,7-9,25H2,1H3,(H,27,30)/t11-,12+,13+/m0/s1. The predicted molar refractivity (Wildman–Crippen MR) is 116 cm³/mol. The fraction of sp³-hybridized carbons (Fsp3) is 0.318. The Bertz CT molecular complexity index is 1090. The highest BCUT2D eigenvalue weighted by Gasteiger charge is 2.29. The molecule has 1 fully saturated rings. The van der Waals surface area contributed by atoms with E-state index in [2.05, 4.69) is 22.2 Å². The third kappa shape index (κ3) is 4.42. The number of aliphatic hydroxyl groups excluding tert-OH is 1. The molecule has 4 N–H and O–H groups in total. The largest absolute Gasteiger partial charge is 0.393 e. The van der Waals surface area contributed by atoms with Gasteiger partial charge in [-0.3, -0.25) is 9.78 Å². The van der Waals surface area contributed by atoms with E-state index in [1.165, 1.54) is 6.07 Å². The van der Waals surface area contributed by atoms with Gasteiger partial charge in [-0.15, -0.1) is 0 Å². The number of aliphatic hydroxyl groups is 1. The Morgan fingerprint density at radius 3 is 2.68 bits per heavy atom. The summed E-state index contributed by atoms with van der Waals surface area (Å²) in [5, 5.41) is 13.0. The van der Waals surface area contributed by atoms with Crippen LogP contribution in [0.5, 0.6) is 0 Å². The zero-order valence-electron chi connectivity index (χ0n) is 16.8. The molecule has 1 aliphatic rings. The molecule has 1 saturated carbocycles. The Hall–Kier alpha value is -2.91. The van der Waals surface area contributed by atoms with Crippen LogP contribution < -0.4 is 11.1 Å². The maximum atomic E-state index is 14.1. The summed E-state index contributed by atoms with van der Waals surface area (Å²) in [6.07, 6.45) is 5.05. The normalized spacial score (nSPS) is 21.1. The highest BCUT2D eigenvalue weighted by atomic mass is 32.1. The molecule has 0 aliphatic heterocycles. The van der Waals surface area contributed by atoms with Crippen LogP contribution in [-0.4, -0.2) is 27.1 Å². The van der Waals surface area contributed by atoms with Gasteiger partial charge in [-0.1, -0.05) is 24.3 Å². The van der Waals surface area contributed by atoms with Crippen molar-refractivity contribution < 1.29 is 18.7 Å². The number of nitrogens with one attached hydrogen (secondary N) is 1. The molecule has 3 atom stereocenters. The molecule has 0 saturated heterocycles. The first-order chi connectivity index (χ1) is 14.8. The number of carbonyl (C=O) groups excluding carboxylic acids is 1. The second kappa shape index (κ2) is 8.68. The van der Waals surface area contributed by atoms with Gasteiger partial charge in [0.2, 0.25) is 0 Å². The molecule has 0 spiro atoms. The maximum absolute atomic E-state index is 14.1. The average Bonchev–Trinajstić information content (AvgIpc) is 3.09. The number of aromatic nitrogens is 2. The maximum Gasteiger partial charge on any atom is 0.277 e. The van der Waals surface area contributed by atoms with Crippen molar-refractivity contribution in [3.05, 3.63) is 59.6 Å². The zero-order chi connectivity index (χ0) is 22.1. The van der Waals surface area contributed by atoms with Crippen LogP contribution in [0.2, 0.25) is 0 Å². The van der Waals surface area contributed by atoms with Crippen LogP contribution in [0.1, 0.15) is 48.2 Å². The highest BCUT2D eigenvalue weighted by molar-refractivity contribution is 7.19. The van der Waals surface area contributed by atoms with Crippen LogP contribution in [0.15, 0.2) is 36.7 Å². The summed E-state index contributed by atoms with van der Waals surface area (Å²) in [5.41, 5.74) is 6.92. The predicted octanol–water partition coefficient (Wildman–Crippen LogP) is 4.58. The van der Waals surface area contributed by atoms with E-state index >= 15 is 0 Å². The number of nitrogen functional groups attached to an aromatic ring is 1. The van der Waals surface area contributed by atoms with Crippen molar-refractivity contribution in [2.75, 3.05) is 11.1 Å². The lowest BCUT2D eigenvalue weighted by Crippen LogP contribution is -2.25. The molecule has 1 aromatic carbocycles. The Morgan fingerprint density at radius 1 is 1.23 bits per heavy atom. The van der Waals surface area contributed by atoms with Gasteiger partial charge >= 0.3 is 0 Å². The summed E-state index contributed by atoms with van der Waals surface area (Å²) >= 11 is 0.845. The van der Waals surface area contributed by atoms with Gasteiger partial charge in [0.25, 0.3) is 5.91 Å². The number of thiazole rings is 1. The molecule has 4 rings (SSSR count). The lowest BCUT2D eigenvalue weighted by molar-refractivity contribution is 0.0947. The smallest absolute Gasteiger partial charge is 0.277 e. The topological polar surface area (TPSA) is 101 Å². The quantitative estimate of drug-likeness (QED) is 0.547. The minimum absolute atomic E-state index is 0.00566. The molecule has 2 heterocycles. The number of hydrogen-bond donors (Lipinski definition) is 3. The van der Waals surface area contributed by atoms with E-state index in [-0.39, 0.29) is 27.2 Å². The number of anilines is 2. The van der Waals surface area contributed by atoms with Gasteiger partial charge in [0, 0.05) is 6.20 Å². The van der Waals surface area contributed by atoms with Crippen LogP contribution in [0.4, 0.5) is 19.5 Å². The van der Waals surface area contributed by atoms with Gasteiger partial charge in [0.1, 0.15) is 21.6 Å². The molecule has 1 aliphatic carbocycles. The van der Waals surface area contributed by atoms with E-state index in [1.54, 1.807) is 12.4 Å². The van der Waals surface area contributed by atoms with E-state index in [1.807, 2.05) is 6.07 Å². The van der Waals surface area contributed by atoms with E-state index < -0.39 is 23.6 Å².